The fourth-order valence-electron chi connectivity index (χ4n) is 3.31. The molecule has 4 nitrogen and oxygen atoms in total. The third-order valence-electron chi connectivity index (χ3n) is 4.58. The molecule has 2 atom stereocenters. The molecule has 2 aliphatic rings. The molecule has 4 heteroatoms. The van der Waals surface area contributed by atoms with E-state index in [0.29, 0.717) is 13.2 Å². The van der Waals surface area contributed by atoms with Crippen molar-refractivity contribution in [1.29, 1.82) is 0 Å². The third-order valence-corrected chi connectivity index (χ3v) is 4.58. The van der Waals surface area contributed by atoms with Gasteiger partial charge in [-0.15, -0.1) is 0 Å². The molecule has 24 heavy (non-hydrogen) atoms. The minimum atomic E-state index is -0.0546. The lowest BCUT2D eigenvalue weighted by molar-refractivity contribution is -0.164. The van der Waals surface area contributed by atoms with Gasteiger partial charge < -0.3 is 4.90 Å². The SMILES string of the molecule is O=C1N(Cc2ccccc2)[C@H]2C=C[C@H](C2)N1OCc1ccccc1. The van der Waals surface area contributed by atoms with Crippen LogP contribution in [0.25, 0.3) is 0 Å². The van der Waals surface area contributed by atoms with Gasteiger partial charge in [-0.2, -0.15) is 5.06 Å². The Hall–Kier alpha value is -2.59. The molecule has 1 fully saturated rings. The number of amides is 2. The summed E-state index contributed by atoms with van der Waals surface area (Å²) in [5.74, 6) is 0. The van der Waals surface area contributed by atoms with Crippen LogP contribution < -0.4 is 0 Å². The molecule has 1 heterocycles. The number of carbonyl (C=O) groups excluding carboxylic acids is 1. The summed E-state index contributed by atoms with van der Waals surface area (Å²) in [5.41, 5.74) is 2.19. The first kappa shape index (κ1) is 15.0. The van der Waals surface area contributed by atoms with Crippen molar-refractivity contribution >= 4 is 6.03 Å². The largest absolute Gasteiger partial charge is 0.345 e. The van der Waals surface area contributed by atoms with Crippen LogP contribution >= 0.6 is 0 Å². The number of benzene rings is 2. The molecule has 2 bridgehead atoms. The van der Waals surface area contributed by atoms with E-state index in [9.17, 15) is 4.79 Å². The summed E-state index contributed by atoms with van der Waals surface area (Å²) in [7, 11) is 0. The molecule has 1 saturated heterocycles. The second-order valence-electron chi connectivity index (χ2n) is 6.24. The second-order valence-corrected chi connectivity index (χ2v) is 6.24. The van der Waals surface area contributed by atoms with E-state index < -0.39 is 0 Å². The van der Waals surface area contributed by atoms with E-state index >= 15 is 0 Å². The number of carbonyl (C=O) groups is 1. The molecule has 1 aliphatic carbocycles. The molecule has 2 aromatic rings. The van der Waals surface area contributed by atoms with Crippen LogP contribution in [0.4, 0.5) is 4.79 Å². The average Bonchev–Trinajstić information content (AvgIpc) is 3.06. The average molecular weight is 320 g/mol. The van der Waals surface area contributed by atoms with Gasteiger partial charge in [0.2, 0.25) is 0 Å². The topological polar surface area (TPSA) is 32.8 Å². The van der Waals surface area contributed by atoms with Crippen LogP contribution in [0.3, 0.4) is 0 Å². The number of nitrogens with zero attached hydrogens (tertiary/aromatic N) is 2. The van der Waals surface area contributed by atoms with Crippen molar-refractivity contribution in [2.45, 2.75) is 31.7 Å². The number of urea groups is 1. The highest BCUT2D eigenvalue weighted by Crippen LogP contribution is 2.31. The molecule has 0 N–H and O–H groups in total. The molecule has 2 aromatic carbocycles. The molecule has 0 spiro atoms. The summed E-state index contributed by atoms with van der Waals surface area (Å²) in [6.07, 6.45) is 5.10. The Kier molecular flexibility index (Phi) is 4.05. The van der Waals surface area contributed by atoms with Crippen molar-refractivity contribution in [3.63, 3.8) is 0 Å². The minimum Gasteiger partial charge on any atom is -0.312 e. The third kappa shape index (κ3) is 2.93. The molecule has 0 radical (unpaired) electrons. The number of rotatable bonds is 5. The zero-order valence-electron chi connectivity index (χ0n) is 13.4. The van der Waals surface area contributed by atoms with Gasteiger partial charge in [-0.1, -0.05) is 72.8 Å². The predicted molar refractivity (Wildman–Crippen MR) is 91.8 cm³/mol. The first-order valence-corrected chi connectivity index (χ1v) is 8.30. The highest BCUT2D eigenvalue weighted by Gasteiger charge is 2.41. The number of hydroxylamine groups is 2. The molecule has 122 valence electrons. The van der Waals surface area contributed by atoms with Gasteiger partial charge in [-0.05, 0) is 17.5 Å². The van der Waals surface area contributed by atoms with E-state index in [1.54, 1.807) is 0 Å². The van der Waals surface area contributed by atoms with Crippen LogP contribution in [0.1, 0.15) is 17.5 Å². The smallest absolute Gasteiger partial charge is 0.312 e. The number of hydrogen-bond acceptors (Lipinski definition) is 2. The van der Waals surface area contributed by atoms with Crippen LogP contribution in [-0.4, -0.2) is 28.1 Å². The Bertz CT molecular complexity index is 730. The van der Waals surface area contributed by atoms with Crippen LogP contribution in [0.5, 0.6) is 0 Å². The quantitative estimate of drug-likeness (QED) is 0.786. The molecule has 0 unspecified atom stereocenters. The zero-order chi connectivity index (χ0) is 16.4. The molecule has 0 aromatic heterocycles. The normalized spacial score (nSPS) is 22.2. The first-order chi connectivity index (χ1) is 11.8. The van der Waals surface area contributed by atoms with Crippen LogP contribution in [0.2, 0.25) is 0 Å². The lowest BCUT2D eigenvalue weighted by Crippen LogP contribution is -2.54. The highest BCUT2D eigenvalue weighted by atomic mass is 16.7. The van der Waals surface area contributed by atoms with Crippen LogP contribution in [0.15, 0.2) is 72.8 Å². The molecule has 2 amide bonds. The molecular formula is C20H20N2O2. The van der Waals surface area contributed by atoms with Crippen molar-refractivity contribution in [3.8, 4) is 0 Å². The van der Waals surface area contributed by atoms with E-state index in [1.807, 2.05) is 65.6 Å². The molecular weight excluding hydrogens is 300 g/mol. The van der Waals surface area contributed by atoms with E-state index in [4.69, 9.17) is 4.84 Å². The van der Waals surface area contributed by atoms with Crippen molar-refractivity contribution in [3.05, 3.63) is 83.9 Å². The number of fused-ring (bicyclic) bond motifs is 2. The maximum atomic E-state index is 12.9. The van der Waals surface area contributed by atoms with E-state index in [-0.39, 0.29) is 18.1 Å². The minimum absolute atomic E-state index is 0.0400. The molecule has 0 saturated carbocycles. The monoisotopic (exact) mass is 320 g/mol. The van der Waals surface area contributed by atoms with Gasteiger partial charge in [0.1, 0.15) is 6.61 Å². The Labute approximate surface area is 141 Å². The van der Waals surface area contributed by atoms with Crippen molar-refractivity contribution in [2.75, 3.05) is 0 Å². The summed E-state index contributed by atoms with van der Waals surface area (Å²) < 4.78 is 0. The Morgan fingerprint density at radius 2 is 1.50 bits per heavy atom. The Morgan fingerprint density at radius 3 is 2.21 bits per heavy atom. The summed E-state index contributed by atoms with van der Waals surface area (Å²) >= 11 is 0. The number of hydrogen-bond donors (Lipinski definition) is 0. The first-order valence-electron chi connectivity index (χ1n) is 8.30. The summed E-state index contributed by atoms with van der Waals surface area (Å²) in [6, 6.07) is 20.2. The Balaban J connectivity index is 1.48. The van der Waals surface area contributed by atoms with Crippen molar-refractivity contribution in [1.82, 2.24) is 9.96 Å². The van der Waals surface area contributed by atoms with Gasteiger partial charge in [0, 0.05) is 6.54 Å². The summed E-state index contributed by atoms with van der Waals surface area (Å²) in [6.45, 7) is 1.01. The summed E-state index contributed by atoms with van der Waals surface area (Å²) in [5, 5.41) is 1.54. The molecule has 4 rings (SSSR count). The van der Waals surface area contributed by atoms with Gasteiger partial charge >= 0.3 is 6.03 Å². The second kappa shape index (κ2) is 6.49. The lowest BCUT2D eigenvalue weighted by Gasteiger charge is -2.40. The van der Waals surface area contributed by atoms with E-state index in [1.165, 1.54) is 5.06 Å². The van der Waals surface area contributed by atoms with Gasteiger partial charge in [-0.3, -0.25) is 4.84 Å². The van der Waals surface area contributed by atoms with Crippen LogP contribution in [0, 0.1) is 0 Å². The molecule has 1 aliphatic heterocycles. The van der Waals surface area contributed by atoms with Gasteiger partial charge in [0.15, 0.2) is 0 Å². The van der Waals surface area contributed by atoms with Gasteiger partial charge in [0.05, 0.1) is 12.1 Å². The van der Waals surface area contributed by atoms with Crippen molar-refractivity contribution < 1.29 is 9.63 Å². The highest BCUT2D eigenvalue weighted by molar-refractivity contribution is 5.76. The predicted octanol–water partition coefficient (Wildman–Crippen LogP) is 3.75. The maximum absolute atomic E-state index is 12.9. The van der Waals surface area contributed by atoms with Crippen molar-refractivity contribution in [2.24, 2.45) is 0 Å². The summed E-state index contributed by atoms with van der Waals surface area (Å²) in [4.78, 5) is 20.7. The fraction of sp³-hybridized carbons (Fsp3) is 0.250. The fourth-order valence-corrected chi connectivity index (χ4v) is 3.31. The van der Waals surface area contributed by atoms with E-state index in [0.717, 1.165) is 17.5 Å². The standard InChI is InChI=1S/C20H20N2O2/c23-20-21(14-16-7-3-1-4-8-16)18-11-12-19(13-18)22(20)24-15-17-9-5-2-6-10-17/h1-12,18-19H,13-15H2/t18-,19+/m0/s1. The van der Waals surface area contributed by atoms with Gasteiger partial charge in [0.25, 0.3) is 0 Å². The van der Waals surface area contributed by atoms with Gasteiger partial charge in [-0.25, -0.2) is 4.79 Å². The van der Waals surface area contributed by atoms with E-state index in [2.05, 4.69) is 12.2 Å². The maximum Gasteiger partial charge on any atom is 0.345 e. The Morgan fingerprint density at radius 1 is 0.875 bits per heavy atom. The van der Waals surface area contributed by atoms with Crippen LogP contribution in [-0.2, 0) is 18.0 Å². The zero-order valence-corrected chi connectivity index (χ0v) is 13.4. The lowest BCUT2D eigenvalue weighted by atomic mass is 10.1.